The number of ether oxygens (including phenoxy) is 2. The number of hydrogen-bond acceptors (Lipinski definition) is 5. The SMILES string of the molecule is Cc1cccc(OCCC(=O)O[C@H](C)C(=O)Nc2ccc(C(N)=O)cc2)c1. The van der Waals surface area contributed by atoms with Gasteiger partial charge in [0, 0.05) is 11.3 Å². The Balaban J connectivity index is 1.75. The summed E-state index contributed by atoms with van der Waals surface area (Å²) in [6.45, 7) is 3.58. The first-order valence-electron chi connectivity index (χ1n) is 8.45. The predicted octanol–water partition coefficient (Wildman–Crippen LogP) is 2.43. The molecule has 7 nitrogen and oxygen atoms in total. The highest BCUT2D eigenvalue weighted by Gasteiger charge is 2.18. The minimum absolute atomic E-state index is 0.0267. The molecule has 2 aromatic rings. The predicted molar refractivity (Wildman–Crippen MR) is 100 cm³/mol. The lowest BCUT2D eigenvalue weighted by molar-refractivity contribution is -0.153. The van der Waals surface area contributed by atoms with Crippen LogP contribution in [0.1, 0.15) is 29.3 Å². The van der Waals surface area contributed by atoms with E-state index in [0.29, 0.717) is 17.0 Å². The Bertz CT molecular complexity index is 817. The van der Waals surface area contributed by atoms with Gasteiger partial charge in [0.05, 0.1) is 13.0 Å². The summed E-state index contributed by atoms with van der Waals surface area (Å²) in [5.74, 6) is -0.889. The Kier molecular flexibility index (Phi) is 6.93. The zero-order valence-electron chi connectivity index (χ0n) is 15.2. The van der Waals surface area contributed by atoms with Gasteiger partial charge in [-0.3, -0.25) is 14.4 Å². The lowest BCUT2D eigenvalue weighted by Gasteiger charge is -2.14. The first-order valence-corrected chi connectivity index (χ1v) is 8.45. The number of aryl methyl sites for hydroxylation is 1. The van der Waals surface area contributed by atoms with Crippen LogP contribution in [0.3, 0.4) is 0 Å². The summed E-state index contributed by atoms with van der Waals surface area (Å²) in [4.78, 5) is 35.0. The lowest BCUT2D eigenvalue weighted by Crippen LogP contribution is -2.30. The van der Waals surface area contributed by atoms with Crippen LogP contribution in [0.25, 0.3) is 0 Å². The van der Waals surface area contributed by atoms with E-state index < -0.39 is 23.9 Å². The van der Waals surface area contributed by atoms with Crippen molar-refractivity contribution in [1.29, 1.82) is 0 Å². The van der Waals surface area contributed by atoms with E-state index in [9.17, 15) is 14.4 Å². The topological polar surface area (TPSA) is 108 Å². The van der Waals surface area contributed by atoms with Crippen molar-refractivity contribution >= 4 is 23.5 Å². The summed E-state index contributed by atoms with van der Waals surface area (Å²) < 4.78 is 10.6. The van der Waals surface area contributed by atoms with Gasteiger partial charge in [-0.1, -0.05) is 12.1 Å². The molecular weight excluding hydrogens is 348 g/mol. The first-order chi connectivity index (χ1) is 12.8. The van der Waals surface area contributed by atoms with E-state index in [1.54, 1.807) is 18.2 Å². The van der Waals surface area contributed by atoms with Crippen molar-refractivity contribution in [1.82, 2.24) is 0 Å². The quantitative estimate of drug-likeness (QED) is 0.694. The second kappa shape index (κ2) is 9.38. The Morgan fingerprint density at radius 2 is 1.81 bits per heavy atom. The van der Waals surface area contributed by atoms with Crippen molar-refractivity contribution < 1.29 is 23.9 Å². The molecule has 0 fully saturated rings. The van der Waals surface area contributed by atoms with Gasteiger partial charge in [-0.15, -0.1) is 0 Å². The van der Waals surface area contributed by atoms with Gasteiger partial charge in [0.25, 0.3) is 5.91 Å². The number of rotatable bonds is 8. The van der Waals surface area contributed by atoms with Crippen LogP contribution in [-0.2, 0) is 14.3 Å². The van der Waals surface area contributed by atoms with Gasteiger partial charge in [-0.05, 0) is 55.8 Å². The maximum atomic E-state index is 12.1. The van der Waals surface area contributed by atoms with Crippen molar-refractivity contribution in [2.75, 3.05) is 11.9 Å². The fourth-order valence-corrected chi connectivity index (χ4v) is 2.23. The Hall–Kier alpha value is -3.35. The average Bonchev–Trinajstić information content (AvgIpc) is 2.62. The molecule has 0 aliphatic heterocycles. The number of primary amides is 1. The van der Waals surface area contributed by atoms with E-state index in [1.807, 2.05) is 25.1 Å². The molecule has 7 heteroatoms. The number of nitrogens with two attached hydrogens (primary N) is 1. The van der Waals surface area contributed by atoms with Crippen molar-refractivity contribution in [2.45, 2.75) is 26.4 Å². The van der Waals surface area contributed by atoms with Crippen molar-refractivity contribution in [3.8, 4) is 5.75 Å². The molecule has 2 aromatic carbocycles. The summed E-state index contributed by atoms with van der Waals surface area (Å²) in [6.07, 6.45) is -0.939. The van der Waals surface area contributed by atoms with Crippen LogP contribution >= 0.6 is 0 Å². The third kappa shape index (κ3) is 6.47. The van der Waals surface area contributed by atoms with E-state index in [1.165, 1.54) is 19.1 Å². The van der Waals surface area contributed by atoms with E-state index in [0.717, 1.165) is 5.56 Å². The number of nitrogens with one attached hydrogen (secondary N) is 1. The molecule has 27 heavy (non-hydrogen) atoms. The van der Waals surface area contributed by atoms with E-state index in [-0.39, 0.29) is 13.0 Å². The average molecular weight is 370 g/mol. The monoisotopic (exact) mass is 370 g/mol. The summed E-state index contributed by atoms with van der Waals surface area (Å²) >= 11 is 0. The Labute approximate surface area is 157 Å². The van der Waals surface area contributed by atoms with Gasteiger partial charge in [0.1, 0.15) is 5.75 Å². The van der Waals surface area contributed by atoms with Crippen LogP contribution in [0, 0.1) is 6.92 Å². The molecule has 0 aromatic heterocycles. The number of benzene rings is 2. The standard InChI is InChI=1S/C20H22N2O5/c1-13-4-3-5-17(12-13)26-11-10-18(23)27-14(2)20(25)22-16-8-6-15(7-9-16)19(21)24/h3-9,12,14H,10-11H2,1-2H3,(H2,21,24)(H,22,25)/t14-/m1/s1. The van der Waals surface area contributed by atoms with Crippen molar-refractivity contribution in [3.05, 3.63) is 59.7 Å². The molecule has 3 N–H and O–H groups in total. The van der Waals surface area contributed by atoms with Crippen LogP contribution < -0.4 is 15.8 Å². The minimum atomic E-state index is -0.965. The fourth-order valence-electron chi connectivity index (χ4n) is 2.23. The number of anilines is 1. The first kappa shape index (κ1) is 20.0. The molecule has 2 rings (SSSR count). The second-order valence-corrected chi connectivity index (χ2v) is 5.98. The van der Waals surface area contributed by atoms with E-state index >= 15 is 0 Å². The minimum Gasteiger partial charge on any atom is -0.493 e. The molecule has 142 valence electrons. The lowest BCUT2D eigenvalue weighted by atomic mass is 10.2. The number of amides is 2. The third-order valence-electron chi connectivity index (χ3n) is 3.68. The van der Waals surface area contributed by atoms with Crippen LogP contribution in [0.2, 0.25) is 0 Å². The third-order valence-corrected chi connectivity index (χ3v) is 3.68. The number of hydrogen-bond donors (Lipinski definition) is 2. The smallest absolute Gasteiger partial charge is 0.310 e. The van der Waals surface area contributed by atoms with Crippen LogP contribution in [0.15, 0.2) is 48.5 Å². The number of carbonyl (C=O) groups is 3. The van der Waals surface area contributed by atoms with Gasteiger partial charge in [0.15, 0.2) is 6.10 Å². The van der Waals surface area contributed by atoms with Gasteiger partial charge >= 0.3 is 5.97 Å². The molecule has 0 saturated carbocycles. The molecular formula is C20H22N2O5. The molecule has 0 radical (unpaired) electrons. The van der Waals surface area contributed by atoms with Crippen LogP contribution in [-0.4, -0.2) is 30.5 Å². The highest BCUT2D eigenvalue weighted by molar-refractivity contribution is 5.96. The van der Waals surface area contributed by atoms with Gasteiger partial charge in [0.2, 0.25) is 5.91 Å². The molecule has 2 amide bonds. The van der Waals surface area contributed by atoms with Gasteiger partial charge < -0.3 is 20.5 Å². The molecule has 0 heterocycles. The molecule has 1 atom stereocenters. The molecule has 0 unspecified atom stereocenters. The van der Waals surface area contributed by atoms with Crippen molar-refractivity contribution in [3.63, 3.8) is 0 Å². The second-order valence-electron chi connectivity index (χ2n) is 5.98. The summed E-state index contributed by atoms with van der Waals surface area (Å²) in [6, 6.07) is 13.6. The van der Waals surface area contributed by atoms with E-state index in [2.05, 4.69) is 5.32 Å². The summed E-state index contributed by atoms with van der Waals surface area (Å²) in [7, 11) is 0. The maximum absolute atomic E-state index is 12.1. The Morgan fingerprint density at radius 1 is 1.11 bits per heavy atom. The largest absolute Gasteiger partial charge is 0.493 e. The van der Waals surface area contributed by atoms with Crippen molar-refractivity contribution in [2.24, 2.45) is 5.73 Å². The molecule has 0 bridgehead atoms. The maximum Gasteiger partial charge on any atom is 0.310 e. The molecule has 0 saturated heterocycles. The van der Waals surface area contributed by atoms with E-state index in [4.69, 9.17) is 15.2 Å². The number of carbonyl (C=O) groups excluding carboxylic acids is 3. The highest BCUT2D eigenvalue weighted by atomic mass is 16.5. The van der Waals surface area contributed by atoms with Gasteiger partial charge in [-0.2, -0.15) is 0 Å². The fraction of sp³-hybridized carbons (Fsp3) is 0.250. The summed E-state index contributed by atoms with van der Waals surface area (Å²) in [5, 5.41) is 2.60. The van der Waals surface area contributed by atoms with Gasteiger partial charge in [-0.25, -0.2) is 0 Å². The zero-order valence-corrected chi connectivity index (χ0v) is 15.2. The normalized spacial score (nSPS) is 11.3. The molecule has 0 spiro atoms. The Morgan fingerprint density at radius 3 is 2.44 bits per heavy atom. The van der Waals surface area contributed by atoms with Crippen LogP contribution in [0.4, 0.5) is 5.69 Å². The number of esters is 1. The molecule has 0 aliphatic rings. The van der Waals surface area contributed by atoms with Crippen LogP contribution in [0.5, 0.6) is 5.75 Å². The highest BCUT2D eigenvalue weighted by Crippen LogP contribution is 2.13. The summed E-state index contributed by atoms with van der Waals surface area (Å²) in [5.41, 5.74) is 7.02. The molecule has 0 aliphatic carbocycles. The zero-order chi connectivity index (χ0) is 19.8.